The molecule has 0 aromatic heterocycles. The zero-order valence-corrected chi connectivity index (χ0v) is 12.1. The lowest BCUT2D eigenvalue weighted by atomic mass is 10.2. The van der Waals surface area contributed by atoms with Crippen molar-refractivity contribution in [3.05, 3.63) is 29.8 Å². The molecule has 0 amide bonds. The van der Waals surface area contributed by atoms with Crippen molar-refractivity contribution in [1.29, 1.82) is 0 Å². The SMILES string of the molecule is CC(CC(N)=S)N(C)S(=O)(=O)c1ccc(F)cc1F. The molecule has 106 valence electrons. The van der Waals surface area contributed by atoms with E-state index in [2.05, 4.69) is 0 Å². The van der Waals surface area contributed by atoms with Crippen molar-refractivity contribution in [3.63, 3.8) is 0 Å². The molecule has 0 saturated carbocycles. The Morgan fingerprint density at radius 1 is 1.47 bits per heavy atom. The van der Waals surface area contributed by atoms with E-state index in [1.165, 1.54) is 7.05 Å². The Morgan fingerprint density at radius 2 is 2.05 bits per heavy atom. The first-order valence-electron chi connectivity index (χ1n) is 5.37. The number of hydrogen-bond acceptors (Lipinski definition) is 3. The van der Waals surface area contributed by atoms with Crippen molar-refractivity contribution in [2.24, 2.45) is 5.73 Å². The van der Waals surface area contributed by atoms with E-state index in [1.807, 2.05) is 0 Å². The zero-order chi connectivity index (χ0) is 14.8. The van der Waals surface area contributed by atoms with Gasteiger partial charge in [0.2, 0.25) is 10.0 Å². The summed E-state index contributed by atoms with van der Waals surface area (Å²) in [5.41, 5.74) is 5.35. The average molecular weight is 308 g/mol. The van der Waals surface area contributed by atoms with E-state index in [-0.39, 0.29) is 11.4 Å². The van der Waals surface area contributed by atoms with Gasteiger partial charge in [-0.1, -0.05) is 12.2 Å². The number of rotatable bonds is 5. The van der Waals surface area contributed by atoms with Gasteiger partial charge in [-0.25, -0.2) is 17.2 Å². The van der Waals surface area contributed by atoms with Crippen LogP contribution in [0.2, 0.25) is 0 Å². The smallest absolute Gasteiger partial charge is 0.245 e. The molecule has 0 spiro atoms. The minimum Gasteiger partial charge on any atom is -0.393 e. The Labute approximate surface area is 116 Å². The van der Waals surface area contributed by atoms with Crippen LogP contribution in [-0.4, -0.2) is 30.8 Å². The van der Waals surface area contributed by atoms with Crippen molar-refractivity contribution in [3.8, 4) is 0 Å². The summed E-state index contributed by atoms with van der Waals surface area (Å²) in [7, 11) is -2.76. The molecule has 0 bridgehead atoms. The number of nitrogens with zero attached hydrogens (tertiary/aromatic N) is 1. The average Bonchev–Trinajstić information content (AvgIpc) is 2.26. The highest BCUT2D eigenvalue weighted by molar-refractivity contribution is 7.89. The lowest BCUT2D eigenvalue weighted by molar-refractivity contribution is 0.393. The molecular formula is C11H14F2N2O2S2. The van der Waals surface area contributed by atoms with Gasteiger partial charge in [0, 0.05) is 25.6 Å². The molecule has 4 nitrogen and oxygen atoms in total. The van der Waals surface area contributed by atoms with Crippen molar-refractivity contribution in [1.82, 2.24) is 4.31 Å². The zero-order valence-electron chi connectivity index (χ0n) is 10.4. The maximum absolute atomic E-state index is 13.5. The lowest BCUT2D eigenvalue weighted by Gasteiger charge is -2.24. The van der Waals surface area contributed by atoms with Crippen molar-refractivity contribution in [2.45, 2.75) is 24.3 Å². The summed E-state index contributed by atoms with van der Waals surface area (Å²) in [6.07, 6.45) is 0.174. The van der Waals surface area contributed by atoms with E-state index < -0.39 is 32.6 Å². The van der Waals surface area contributed by atoms with Crippen molar-refractivity contribution < 1.29 is 17.2 Å². The second-order valence-corrected chi connectivity index (χ2v) is 6.61. The topological polar surface area (TPSA) is 63.4 Å². The van der Waals surface area contributed by atoms with Crippen LogP contribution in [0.1, 0.15) is 13.3 Å². The first-order valence-corrected chi connectivity index (χ1v) is 7.22. The maximum atomic E-state index is 13.5. The van der Waals surface area contributed by atoms with Crippen LogP contribution in [0.15, 0.2) is 23.1 Å². The van der Waals surface area contributed by atoms with Crippen LogP contribution in [0.3, 0.4) is 0 Å². The molecule has 0 radical (unpaired) electrons. The number of sulfonamides is 1. The van der Waals surface area contributed by atoms with Gasteiger partial charge >= 0.3 is 0 Å². The van der Waals surface area contributed by atoms with Crippen molar-refractivity contribution >= 4 is 27.2 Å². The van der Waals surface area contributed by atoms with Crippen LogP contribution in [0.4, 0.5) is 8.78 Å². The minimum atomic E-state index is -4.05. The van der Waals surface area contributed by atoms with Gasteiger partial charge in [-0.3, -0.25) is 0 Å². The maximum Gasteiger partial charge on any atom is 0.245 e. The Hall–Kier alpha value is -1.12. The summed E-state index contributed by atoms with van der Waals surface area (Å²) in [6.45, 7) is 1.60. The minimum absolute atomic E-state index is 0.161. The molecule has 1 atom stereocenters. The Balaban J connectivity index is 3.13. The molecule has 0 fully saturated rings. The van der Waals surface area contributed by atoms with E-state index in [9.17, 15) is 17.2 Å². The fourth-order valence-corrected chi connectivity index (χ4v) is 3.14. The van der Waals surface area contributed by atoms with Crippen molar-refractivity contribution in [2.75, 3.05) is 7.05 Å². The third-order valence-electron chi connectivity index (χ3n) is 2.67. The number of benzene rings is 1. The summed E-state index contributed by atoms with van der Waals surface area (Å²) in [6, 6.07) is 1.79. The van der Waals surface area contributed by atoms with E-state index >= 15 is 0 Å². The predicted octanol–water partition coefficient (Wildman–Crippen LogP) is 1.65. The predicted molar refractivity (Wildman–Crippen MR) is 72.2 cm³/mol. The highest BCUT2D eigenvalue weighted by Crippen LogP contribution is 2.21. The second-order valence-electron chi connectivity index (χ2n) is 4.12. The molecule has 0 aliphatic rings. The van der Waals surface area contributed by atoms with Crippen LogP contribution in [-0.2, 0) is 10.0 Å². The molecule has 2 N–H and O–H groups in total. The number of halogens is 2. The molecule has 19 heavy (non-hydrogen) atoms. The highest BCUT2D eigenvalue weighted by Gasteiger charge is 2.28. The molecule has 0 aliphatic heterocycles. The molecule has 1 aromatic rings. The third kappa shape index (κ3) is 3.68. The molecule has 1 unspecified atom stereocenters. The molecule has 0 aliphatic carbocycles. The third-order valence-corrected chi connectivity index (χ3v) is 4.84. The van der Waals surface area contributed by atoms with Gasteiger partial charge in [-0.05, 0) is 19.1 Å². The quantitative estimate of drug-likeness (QED) is 0.840. The van der Waals surface area contributed by atoms with Crippen LogP contribution < -0.4 is 5.73 Å². The van der Waals surface area contributed by atoms with Gasteiger partial charge in [0.25, 0.3) is 0 Å². The van der Waals surface area contributed by atoms with E-state index in [0.717, 1.165) is 16.4 Å². The van der Waals surface area contributed by atoms with E-state index in [1.54, 1.807) is 6.92 Å². The van der Waals surface area contributed by atoms with Crippen LogP contribution in [0.5, 0.6) is 0 Å². The number of thiocarbonyl (C=S) groups is 1. The van der Waals surface area contributed by atoms with Gasteiger partial charge in [-0.2, -0.15) is 4.31 Å². The molecule has 1 rings (SSSR count). The van der Waals surface area contributed by atoms with Gasteiger partial charge in [-0.15, -0.1) is 0 Å². The monoisotopic (exact) mass is 308 g/mol. The first kappa shape index (κ1) is 15.9. The van der Waals surface area contributed by atoms with Crippen LogP contribution >= 0.6 is 12.2 Å². The fourth-order valence-electron chi connectivity index (χ4n) is 1.50. The summed E-state index contributed by atoms with van der Waals surface area (Å²) in [4.78, 5) is -0.416. The Morgan fingerprint density at radius 3 is 2.53 bits per heavy atom. The van der Waals surface area contributed by atoms with E-state index in [0.29, 0.717) is 6.07 Å². The molecule has 0 saturated heterocycles. The fraction of sp³-hybridized carbons (Fsp3) is 0.364. The van der Waals surface area contributed by atoms with Gasteiger partial charge in [0.05, 0.1) is 4.99 Å². The number of nitrogens with two attached hydrogens (primary N) is 1. The standard InChI is InChI=1S/C11H14F2N2O2S2/c1-7(5-11(14)18)15(2)19(16,17)10-4-3-8(12)6-9(10)13/h3-4,6-7H,5H2,1-2H3,(H2,14,18). The molecule has 1 aromatic carbocycles. The molecule has 0 heterocycles. The molecule has 8 heteroatoms. The highest BCUT2D eigenvalue weighted by atomic mass is 32.2. The Bertz CT molecular complexity index is 590. The number of hydrogen-bond donors (Lipinski definition) is 1. The normalized spacial score (nSPS) is 13.5. The van der Waals surface area contributed by atoms with Gasteiger partial charge < -0.3 is 5.73 Å². The summed E-state index contributed by atoms with van der Waals surface area (Å²) in [5.74, 6) is -1.97. The summed E-state index contributed by atoms with van der Waals surface area (Å²) < 4.78 is 51.6. The van der Waals surface area contributed by atoms with E-state index in [4.69, 9.17) is 18.0 Å². The van der Waals surface area contributed by atoms with Crippen LogP contribution in [0.25, 0.3) is 0 Å². The van der Waals surface area contributed by atoms with Gasteiger partial charge in [0.15, 0.2) is 0 Å². The van der Waals surface area contributed by atoms with Gasteiger partial charge in [0.1, 0.15) is 16.5 Å². The second kappa shape index (κ2) is 5.89. The summed E-state index contributed by atoms with van der Waals surface area (Å²) in [5, 5.41) is 0. The lowest BCUT2D eigenvalue weighted by Crippen LogP contribution is -2.37. The largest absolute Gasteiger partial charge is 0.393 e. The Kier molecular flexibility index (Phi) is 4.94. The first-order chi connectivity index (χ1) is 8.66. The van der Waals surface area contributed by atoms with Crippen LogP contribution in [0, 0.1) is 11.6 Å². The molecular weight excluding hydrogens is 294 g/mol. The summed E-state index contributed by atoms with van der Waals surface area (Å²) >= 11 is 4.71.